The lowest BCUT2D eigenvalue weighted by Crippen LogP contribution is -2.40. The second-order valence-electron chi connectivity index (χ2n) is 7.17. The fourth-order valence-corrected chi connectivity index (χ4v) is 3.44. The van der Waals surface area contributed by atoms with Crippen LogP contribution in [0, 0.1) is 5.92 Å². The number of hydrogen-bond donors (Lipinski definition) is 1. The molecule has 1 aliphatic rings. The molecule has 0 unspecified atom stereocenters. The smallest absolute Gasteiger partial charge is 0.194 e. The predicted octanol–water partition coefficient (Wildman–Crippen LogP) is 4.41. The Balaban J connectivity index is 0.00000364. The van der Waals surface area contributed by atoms with Crippen LogP contribution >= 0.6 is 24.0 Å². The van der Waals surface area contributed by atoms with Gasteiger partial charge in [-0.2, -0.15) is 0 Å². The summed E-state index contributed by atoms with van der Waals surface area (Å²) in [4.78, 5) is 6.96. The summed E-state index contributed by atoms with van der Waals surface area (Å²) in [6.07, 6.45) is 5.72. The first-order valence-electron chi connectivity index (χ1n) is 10.2. The zero-order valence-electron chi connectivity index (χ0n) is 17.4. The van der Waals surface area contributed by atoms with Crippen molar-refractivity contribution < 1.29 is 9.26 Å². The number of ether oxygens (including phenoxy) is 1. The molecule has 1 aromatic rings. The SMILES string of the molecule is CCNC(=NCc1cc(C(CC)CC)no1)N(C)CCC1CCOCC1.I. The Kier molecular flexibility index (Phi) is 12.0. The fraction of sp³-hybridized carbons (Fsp3) is 0.800. The van der Waals surface area contributed by atoms with Gasteiger partial charge in [0.15, 0.2) is 11.7 Å². The largest absolute Gasteiger partial charge is 0.381 e. The first kappa shape index (κ1) is 24.2. The quantitative estimate of drug-likeness (QED) is 0.314. The molecule has 0 amide bonds. The summed E-state index contributed by atoms with van der Waals surface area (Å²) in [5, 5.41) is 7.62. The fourth-order valence-electron chi connectivity index (χ4n) is 3.44. The Morgan fingerprint density at radius 1 is 1.30 bits per heavy atom. The second-order valence-corrected chi connectivity index (χ2v) is 7.17. The van der Waals surface area contributed by atoms with Crippen LogP contribution in [0.3, 0.4) is 0 Å². The lowest BCUT2D eigenvalue weighted by molar-refractivity contribution is 0.0625. The first-order valence-corrected chi connectivity index (χ1v) is 10.2. The molecule has 0 spiro atoms. The maximum atomic E-state index is 5.50. The molecule has 1 fully saturated rings. The van der Waals surface area contributed by atoms with Gasteiger partial charge in [0.05, 0.1) is 5.69 Å². The zero-order chi connectivity index (χ0) is 18.8. The molecule has 0 saturated carbocycles. The minimum absolute atomic E-state index is 0. The molecule has 2 rings (SSSR count). The summed E-state index contributed by atoms with van der Waals surface area (Å²) in [6, 6.07) is 2.06. The van der Waals surface area contributed by atoms with Gasteiger partial charge in [0.1, 0.15) is 6.54 Å². The molecule has 0 atom stereocenters. The van der Waals surface area contributed by atoms with Crippen molar-refractivity contribution >= 4 is 29.9 Å². The van der Waals surface area contributed by atoms with E-state index in [9.17, 15) is 0 Å². The molecule has 1 N–H and O–H groups in total. The maximum Gasteiger partial charge on any atom is 0.194 e. The van der Waals surface area contributed by atoms with Crippen molar-refractivity contribution in [2.45, 2.75) is 65.3 Å². The van der Waals surface area contributed by atoms with E-state index in [1.54, 1.807) is 0 Å². The van der Waals surface area contributed by atoms with Gasteiger partial charge < -0.3 is 19.5 Å². The molecule has 156 valence electrons. The first-order chi connectivity index (χ1) is 12.7. The normalized spacial score (nSPS) is 15.7. The van der Waals surface area contributed by atoms with Crippen molar-refractivity contribution in [3.8, 4) is 0 Å². The molecule has 1 saturated heterocycles. The van der Waals surface area contributed by atoms with Crippen LogP contribution in [0.1, 0.15) is 70.2 Å². The maximum absolute atomic E-state index is 5.50. The standard InChI is InChI=1S/C20H36N4O2.HI/c1-5-17(6-2)19-14-18(26-23-19)15-22-20(21-7-3)24(4)11-8-16-9-12-25-13-10-16;/h14,16-17H,5-13,15H2,1-4H3,(H,21,22);1H. The Labute approximate surface area is 181 Å². The van der Waals surface area contributed by atoms with Crippen molar-refractivity contribution in [2.24, 2.45) is 10.9 Å². The Hall–Kier alpha value is -0.830. The minimum atomic E-state index is 0. The molecule has 2 heterocycles. The van der Waals surface area contributed by atoms with Crippen LogP contribution < -0.4 is 5.32 Å². The Morgan fingerprint density at radius 2 is 2.00 bits per heavy atom. The molecule has 0 aromatic carbocycles. The van der Waals surface area contributed by atoms with E-state index in [1.165, 1.54) is 19.3 Å². The van der Waals surface area contributed by atoms with Crippen molar-refractivity contribution in [1.29, 1.82) is 0 Å². The molecule has 0 aliphatic carbocycles. The Bertz CT molecular complexity index is 540. The average Bonchev–Trinajstić information content (AvgIpc) is 3.14. The van der Waals surface area contributed by atoms with E-state index in [0.29, 0.717) is 12.5 Å². The molecule has 1 aromatic heterocycles. The molecule has 0 bridgehead atoms. The molecule has 7 heteroatoms. The molecular formula is C20H37IN4O2. The van der Waals surface area contributed by atoms with Gasteiger partial charge in [0.25, 0.3) is 0 Å². The van der Waals surface area contributed by atoms with E-state index in [0.717, 1.165) is 62.5 Å². The second kappa shape index (κ2) is 13.4. The molecule has 27 heavy (non-hydrogen) atoms. The van der Waals surface area contributed by atoms with Crippen molar-refractivity contribution in [3.05, 3.63) is 17.5 Å². The third kappa shape index (κ3) is 7.97. The van der Waals surface area contributed by atoms with E-state index in [2.05, 4.69) is 49.3 Å². The summed E-state index contributed by atoms with van der Waals surface area (Å²) in [7, 11) is 2.11. The van der Waals surface area contributed by atoms with Crippen molar-refractivity contribution in [1.82, 2.24) is 15.4 Å². The van der Waals surface area contributed by atoms with Gasteiger partial charge in [0, 0.05) is 45.3 Å². The highest BCUT2D eigenvalue weighted by atomic mass is 127. The van der Waals surface area contributed by atoms with E-state index in [-0.39, 0.29) is 24.0 Å². The predicted molar refractivity (Wildman–Crippen MR) is 121 cm³/mol. The number of rotatable bonds is 9. The van der Waals surface area contributed by atoms with E-state index in [1.807, 2.05) is 0 Å². The molecule has 0 radical (unpaired) electrons. The third-order valence-corrected chi connectivity index (χ3v) is 5.28. The number of aromatic nitrogens is 1. The van der Waals surface area contributed by atoms with Gasteiger partial charge in [0.2, 0.25) is 0 Å². The van der Waals surface area contributed by atoms with E-state index < -0.39 is 0 Å². The van der Waals surface area contributed by atoms with Crippen LogP contribution in [0.2, 0.25) is 0 Å². The van der Waals surface area contributed by atoms with Crippen LogP contribution in [0.5, 0.6) is 0 Å². The number of nitrogens with zero attached hydrogens (tertiary/aromatic N) is 3. The Morgan fingerprint density at radius 3 is 2.63 bits per heavy atom. The third-order valence-electron chi connectivity index (χ3n) is 5.28. The lowest BCUT2D eigenvalue weighted by Gasteiger charge is -2.26. The number of hydrogen-bond acceptors (Lipinski definition) is 4. The highest BCUT2D eigenvalue weighted by molar-refractivity contribution is 14.0. The van der Waals surface area contributed by atoms with Crippen LogP contribution in [0.4, 0.5) is 0 Å². The molecular weight excluding hydrogens is 455 g/mol. The van der Waals surface area contributed by atoms with Gasteiger partial charge >= 0.3 is 0 Å². The van der Waals surface area contributed by atoms with Crippen LogP contribution in [-0.2, 0) is 11.3 Å². The number of nitrogens with one attached hydrogen (secondary N) is 1. The van der Waals surface area contributed by atoms with Crippen LogP contribution in [0.25, 0.3) is 0 Å². The van der Waals surface area contributed by atoms with Crippen molar-refractivity contribution in [3.63, 3.8) is 0 Å². The van der Waals surface area contributed by atoms with E-state index >= 15 is 0 Å². The summed E-state index contributed by atoms with van der Waals surface area (Å²) in [5.74, 6) is 3.01. The summed E-state index contributed by atoms with van der Waals surface area (Å²) >= 11 is 0. The van der Waals surface area contributed by atoms with E-state index in [4.69, 9.17) is 14.3 Å². The minimum Gasteiger partial charge on any atom is -0.381 e. The van der Waals surface area contributed by atoms with Gasteiger partial charge in [-0.05, 0) is 44.9 Å². The van der Waals surface area contributed by atoms with Crippen LogP contribution in [-0.4, -0.2) is 49.4 Å². The molecule has 6 nitrogen and oxygen atoms in total. The van der Waals surface area contributed by atoms with Gasteiger partial charge in [-0.3, -0.25) is 0 Å². The number of halogens is 1. The van der Waals surface area contributed by atoms with Crippen molar-refractivity contribution in [2.75, 3.05) is 33.4 Å². The molecule has 1 aliphatic heterocycles. The summed E-state index contributed by atoms with van der Waals surface area (Å²) in [6.45, 7) is 10.7. The topological polar surface area (TPSA) is 62.9 Å². The highest BCUT2D eigenvalue weighted by Crippen LogP contribution is 2.22. The summed E-state index contributed by atoms with van der Waals surface area (Å²) < 4.78 is 10.9. The number of guanidine groups is 1. The van der Waals surface area contributed by atoms with Gasteiger partial charge in [-0.15, -0.1) is 24.0 Å². The lowest BCUT2D eigenvalue weighted by atomic mass is 9.96. The average molecular weight is 492 g/mol. The number of aliphatic imine (C=N–C) groups is 1. The monoisotopic (exact) mass is 492 g/mol. The van der Waals surface area contributed by atoms with Gasteiger partial charge in [-0.25, -0.2) is 4.99 Å². The van der Waals surface area contributed by atoms with Gasteiger partial charge in [-0.1, -0.05) is 19.0 Å². The van der Waals surface area contributed by atoms with Crippen LogP contribution in [0.15, 0.2) is 15.6 Å². The highest BCUT2D eigenvalue weighted by Gasteiger charge is 2.16. The zero-order valence-corrected chi connectivity index (χ0v) is 19.7. The summed E-state index contributed by atoms with van der Waals surface area (Å²) in [5.41, 5.74) is 1.05.